The van der Waals surface area contributed by atoms with Crippen molar-refractivity contribution < 1.29 is 0 Å². The molecule has 0 heteroatoms. The van der Waals surface area contributed by atoms with E-state index < -0.39 is 0 Å². The average Bonchev–Trinajstić information content (AvgIpc) is 2.92. The summed E-state index contributed by atoms with van der Waals surface area (Å²) in [5, 5.41) is 0. The Hall–Kier alpha value is -0.520. The van der Waals surface area contributed by atoms with Crippen molar-refractivity contribution in [1.29, 1.82) is 0 Å². The van der Waals surface area contributed by atoms with E-state index in [1.807, 2.05) is 0 Å². The first kappa shape index (κ1) is 10.6. The SMILES string of the molecule is C=CC1(C=CCCCCCC)CC1. The molecule has 0 aromatic heterocycles. The van der Waals surface area contributed by atoms with E-state index in [0.717, 1.165) is 0 Å². The summed E-state index contributed by atoms with van der Waals surface area (Å²) in [6, 6.07) is 0. The molecule has 0 unspecified atom stereocenters. The first-order chi connectivity index (χ1) is 6.33. The van der Waals surface area contributed by atoms with Crippen molar-refractivity contribution in [2.24, 2.45) is 5.41 Å². The van der Waals surface area contributed by atoms with E-state index in [9.17, 15) is 0 Å². The Bertz CT molecular complexity index is 172. The van der Waals surface area contributed by atoms with Gasteiger partial charge in [-0.2, -0.15) is 0 Å². The van der Waals surface area contributed by atoms with Crippen molar-refractivity contribution in [3.05, 3.63) is 24.8 Å². The van der Waals surface area contributed by atoms with Crippen molar-refractivity contribution in [3.63, 3.8) is 0 Å². The molecular formula is C13H22. The molecule has 0 nitrogen and oxygen atoms in total. The summed E-state index contributed by atoms with van der Waals surface area (Å²) >= 11 is 0. The Labute approximate surface area is 82.7 Å². The lowest BCUT2D eigenvalue weighted by molar-refractivity contribution is 0.672. The molecule has 0 radical (unpaired) electrons. The first-order valence-corrected chi connectivity index (χ1v) is 5.64. The first-order valence-electron chi connectivity index (χ1n) is 5.64. The van der Waals surface area contributed by atoms with Gasteiger partial charge >= 0.3 is 0 Å². The van der Waals surface area contributed by atoms with Crippen LogP contribution in [0.2, 0.25) is 0 Å². The van der Waals surface area contributed by atoms with Crippen molar-refractivity contribution >= 4 is 0 Å². The Balaban J connectivity index is 2.02. The van der Waals surface area contributed by atoms with Gasteiger partial charge in [0.1, 0.15) is 0 Å². The monoisotopic (exact) mass is 178 g/mol. The van der Waals surface area contributed by atoms with Gasteiger partial charge in [-0.3, -0.25) is 0 Å². The van der Waals surface area contributed by atoms with Crippen LogP contribution in [0.25, 0.3) is 0 Å². The molecule has 0 N–H and O–H groups in total. The van der Waals surface area contributed by atoms with E-state index in [2.05, 4.69) is 31.7 Å². The predicted molar refractivity (Wildman–Crippen MR) is 59.8 cm³/mol. The number of hydrogen-bond acceptors (Lipinski definition) is 0. The molecule has 0 aromatic rings. The number of hydrogen-bond donors (Lipinski definition) is 0. The highest BCUT2D eigenvalue weighted by Gasteiger charge is 2.35. The van der Waals surface area contributed by atoms with Crippen LogP contribution in [0.3, 0.4) is 0 Å². The lowest BCUT2D eigenvalue weighted by Gasteiger charge is -2.00. The minimum absolute atomic E-state index is 0.421. The van der Waals surface area contributed by atoms with Crippen molar-refractivity contribution in [1.82, 2.24) is 0 Å². The summed E-state index contributed by atoms with van der Waals surface area (Å²) < 4.78 is 0. The molecule has 1 saturated carbocycles. The Kier molecular flexibility index (Phi) is 4.27. The lowest BCUT2D eigenvalue weighted by atomic mass is 10.1. The fourth-order valence-electron chi connectivity index (χ4n) is 1.59. The number of allylic oxidation sites excluding steroid dienone is 3. The van der Waals surface area contributed by atoms with Crippen molar-refractivity contribution in [2.45, 2.75) is 51.9 Å². The predicted octanol–water partition coefficient (Wildman–Crippen LogP) is 4.48. The summed E-state index contributed by atoms with van der Waals surface area (Å²) in [7, 11) is 0. The summed E-state index contributed by atoms with van der Waals surface area (Å²) in [6.45, 7) is 6.13. The smallest absolute Gasteiger partial charge is 0.00591 e. The van der Waals surface area contributed by atoms with Gasteiger partial charge in [-0.25, -0.2) is 0 Å². The zero-order valence-electron chi connectivity index (χ0n) is 8.89. The van der Waals surface area contributed by atoms with Gasteiger partial charge in [-0.1, -0.05) is 44.4 Å². The molecule has 1 rings (SSSR count). The zero-order chi connectivity index (χ0) is 9.57. The molecule has 1 fully saturated rings. The molecule has 74 valence electrons. The quantitative estimate of drug-likeness (QED) is 0.398. The molecule has 1 aliphatic carbocycles. The molecule has 0 amide bonds. The third-order valence-electron chi connectivity index (χ3n) is 2.91. The topological polar surface area (TPSA) is 0 Å². The van der Waals surface area contributed by atoms with Gasteiger partial charge in [0, 0.05) is 5.41 Å². The lowest BCUT2D eigenvalue weighted by Crippen LogP contribution is -1.86. The molecule has 0 spiro atoms. The minimum Gasteiger partial charge on any atom is -0.102 e. The van der Waals surface area contributed by atoms with E-state index in [1.54, 1.807) is 0 Å². The maximum Gasteiger partial charge on any atom is 0.00591 e. The Morgan fingerprint density at radius 3 is 2.54 bits per heavy atom. The summed E-state index contributed by atoms with van der Waals surface area (Å²) in [4.78, 5) is 0. The summed E-state index contributed by atoms with van der Waals surface area (Å²) in [5.74, 6) is 0. The van der Waals surface area contributed by atoms with Crippen LogP contribution in [-0.4, -0.2) is 0 Å². The van der Waals surface area contributed by atoms with Crippen LogP contribution in [-0.2, 0) is 0 Å². The number of rotatable bonds is 7. The van der Waals surface area contributed by atoms with Gasteiger partial charge in [-0.15, -0.1) is 6.58 Å². The van der Waals surface area contributed by atoms with Crippen molar-refractivity contribution in [2.75, 3.05) is 0 Å². The second-order valence-electron chi connectivity index (χ2n) is 4.19. The van der Waals surface area contributed by atoms with Gasteiger partial charge in [0.05, 0.1) is 0 Å². The molecule has 0 heterocycles. The molecule has 1 aliphatic rings. The molecular weight excluding hydrogens is 156 g/mol. The average molecular weight is 178 g/mol. The highest BCUT2D eigenvalue weighted by molar-refractivity contribution is 5.18. The van der Waals surface area contributed by atoms with Crippen LogP contribution < -0.4 is 0 Å². The van der Waals surface area contributed by atoms with Gasteiger partial charge in [0.25, 0.3) is 0 Å². The third kappa shape index (κ3) is 3.80. The van der Waals surface area contributed by atoms with Crippen LogP contribution in [0.1, 0.15) is 51.9 Å². The van der Waals surface area contributed by atoms with E-state index >= 15 is 0 Å². The molecule has 0 saturated heterocycles. The highest BCUT2D eigenvalue weighted by atomic mass is 14.4. The second kappa shape index (κ2) is 5.26. The maximum absolute atomic E-state index is 3.87. The van der Waals surface area contributed by atoms with E-state index in [0.29, 0.717) is 5.41 Å². The summed E-state index contributed by atoms with van der Waals surface area (Å²) in [6.07, 6.45) is 16.2. The van der Waals surface area contributed by atoms with Crippen LogP contribution in [0.5, 0.6) is 0 Å². The molecule has 0 aromatic carbocycles. The standard InChI is InChI=1S/C13H22/c1-3-5-6-7-8-9-10-13(4-2)11-12-13/h4,9-10H,2-3,5-8,11-12H2,1H3. The largest absolute Gasteiger partial charge is 0.102 e. The van der Waals surface area contributed by atoms with Crippen LogP contribution >= 0.6 is 0 Å². The normalized spacial score (nSPS) is 19.2. The van der Waals surface area contributed by atoms with Crippen molar-refractivity contribution in [3.8, 4) is 0 Å². The maximum atomic E-state index is 3.87. The Morgan fingerprint density at radius 1 is 1.23 bits per heavy atom. The van der Waals surface area contributed by atoms with Crippen LogP contribution in [0.4, 0.5) is 0 Å². The van der Waals surface area contributed by atoms with Gasteiger partial charge in [0.15, 0.2) is 0 Å². The highest BCUT2D eigenvalue weighted by Crippen LogP contribution is 2.48. The van der Waals surface area contributed by atoms with Crippen LogP contribution in [0, 0.1) is 5.41 Å². The van der Waals surface area contributed by atoms with E-state index in [-0.39, 0.29) is 0 Å². The molecule has 0 bridgehead atoms. The summed E-state index contributed by atoms with van der Waals surface area (Å²) in [5.41, 5.74) is 0.421. The zero-order valence-corrected chi connectivity index (χ0v) is 8.89. The molecule has 0 atom stereocenters. The minimum atomic E-state index is 0.421. The fourth-order valence-corrected chi connectivity index (χ4v) is 1.59. The molecule has 13 heavy (non-hydrogen) atoms. The van der Waals surface area contributed by atoms with Gasteiger partial charge in [0.2, 0.25) is 0 Å². The fraction of sp³-hybridized carbons (Fsp3) is 0.692. The molecule has 0 aliphatic heterocycles. The Morgan fingerprint density at radius 2 is 2.00 bits per heavy atom. The van der Waals surface area contributed by atoms with Crippen LogP contribution in [0.15, 0.2) is 24.8 Å². The van der Waals surface area contributed by atoms with E-state index in [1.165, 1.54) is 44.9 Å². The third-order valence-corrected chi connectivity index (χ3v) is 2.91. The number of unbranched alkanes of at least 4 members (excludes halogenated alkanes) is 4. The van der Waals surface area contributed by atoms with E-state index in [4.69, 9.17) is 0 Å². The second-order valence-corrected chi connectivity index (χ2v) is 4.19. The van der Waals surface area contributed by atoms with Gasteiger partial charge < -0.3 is 0 Å². The van der Waals surface area contributed by atoms with Gasteiger partial charge in [-0.05, 0) is 25.7 Å².